The van der Waals surface area contributed by atoms with Gasteiger partial charge in [-0.25, -0.2) is 12.7 Å². The molecule has 0 saturated carbocycles. The molecule has 0 spiro atoms. The second-order valence-electron chi connectivity index (χ2n) is 2.71. The van der Waals surface area contributed by atoms with Crippen molar-refractivity contribution in [2.75, 3.05) is 13.1 Å². The Morgan fingerprint density at radius 3 is 2.60 bits per heavy atom. The standard InChI is InChI=1S/C6H13NO2S/c1-2-6-3-4-7(5-6)10(8)9/h6,10H,2-5H2,1H3. The van der Waals surface area contributed by atoms with Crippen molar-refractivity contribution in [3.63, 3.8) is 0 Å². The second kappa shape index (κ2) is 3.34. The molecular weight excluding hydrogens is 150 g/mol. The van der Waals surface area contributed by atoms with Crippen molar-refractivity contribution >= 4 is 10.9 Å². The van der Waals surface area contributed by atoms with E-state index in [9.17, 15) is 8.42 Å². The first-order valence-electron chi connectivity index (χ1n) is 3.63. The van der Waals surface area contributed by atoms with Crippen LogP contribution in [0.15, 0.2) is 0 Å². The minimum absolute atomic E-state index is 0.605. The molecule has 0 aromatic carbocycles. The maximum atomic E-state index is 10.4. The third-order valence-corrected chi connectivity index (χ3v) is 2.90. The van der Waals surface area contributed by atoms with Gasteiger partial charge >= 0.3 is 0 Å². The highest BCUT2D eigenvalue weighted by molar-refractivity contribution is 7.69. The van der Waals surface area contributed by atoms with Gasteiger partial charge in [-0.2, -0.15) is 0 Å². The van der Waals surface area contributed by atoms with Crippen molar-refractivity contribution in [1.82, 2.24) is 4.31 Å². The van der Waals surface area contributed by atoms with E-state index in [-0.39, 0.29) is 0 Å². The number of nitrogens with zero attached hydrogens (tertiary/aromatic N) is 1. The Balaban J connectivity index is 2.43. The van der Waals surface area contributed by atoms with Crippen LogP contribution in [0.25, 0.3) is 0 Å². The largest absolute Gasteiger partial charge is 0.215 e. The molecule has 0 aliphatic carbocycles. The van der Waals surface area contributed by atoms with Gasteiger partial charge in [-0.3, -0.25) is 0 Å². The van der Waals surface area contributed by atoms with Gasteiger partial charge in [-0.05, 0) is 12.3 Å². The van der Waals surface area contributed by atoms with Crippen molar-refractivity contribution in [1.29, 1.82) is 0 Å². The van der Waals surface area contributed by atoms with Crippen LogP contribution in [0, 0.1) is 5.92 Å². The number of hydrogen-bond donors (Lipinski definition) is 1. The summed E-state index contributed by atoms with van der Waals surface area (Å²) < 4.78 is 22.4. The summed E-state index contributed by atoms with van der Waals surface area (Å²) in [5.74, 6) is 0.605. The van der Waals surface area contributed by atoms with Crippen molar-refractivity contribution in [2.45, 2.75) is 19.8 Å². The molecule has 1 saturated heterocycles. The SMILES string of the molecule is CCC1CCN([SH](=O)=O)C1. The predicted molar refractivity (Wildman–Crippen MR) is 40.3 cm³/mol. The van der Waals surface area contributed by atoms with E-state index < -0.39 is 10.9 Å². The number of rotatable bonds is 2. The molecule has 60 valence electrons. The second-order valence-corrected chi connectivity index (χ2v) is 3.75. The average Bonchev–Trinajstić information content (AvgIpc) is 2.34. The van der Waals surface area contributed by atoms with Gasteiger partial charge in [-0.15, -0.1) is 0 Å². The molecule has 1 aliphatic rings. The molecule has 0 aromatic heterocycles. The Morgan fingerprint density at radius 1 is 1.60 bits per heavy atom. The van der Waals surface area contributed by atoms with Crippen LogP contribution in [0.2, 0.25) is 0 Å². The molecule has 0 bridgehead atoms. The van der Waals surface area contributed by atoms with Crippen molar-refractivity contribution < 1.29 is 8.42 Å². The third-order valence-electron chi connectivity index (χ3n) is 2.07. The molecule has 0 N–H and O–H groups in total. The van der Waals surface area contributed by atoms with Crippen molar-refractivity contribution in [3.05, 3.63) is 0 Å². The minimum Gasteiger partial charge on any atom is -0.215 e. The topological polar surface area (TPSA) is 37.4 Å². The van der Waals surface area contributed by atoms with E-state index in [2.05, 4.69) is 6.92 Å². The molecule has 10 heavy (non-hydrogen) atoms. The third kappa shape index (κ3) is 1.70. The highest BCUT2D eigenvalue weighted by atomic mass is 32.2. The smallest absolute Gasteiger partial charge is 0.203 e. The van der Waals surface area contributed by atoms with Crippen LogP contribution in [-0.2, 0) is 10.9 Å². The first-order chi connectivity index (χ1) is 4.74. The Hall–Kier alpha value is -0.0900. The first kappa shape index (κ1) is 8.01. The molecule has 1 rings (SSSR count). The summed E-state index contributed by atoms with van der Waals surface area (Å²) in [7, 11) is -2.30. The lowest BCUT2D eigenvalue weighted by Crippen LogP contribution is -2.17. The lowest BCUT2D eigenvalue weighted by Gasteiger charge is -2.05. The molecule has 0 radical (unpaired) electrons. The fourth-order valence-corrected chi connectivity index (χ4v) is 1.94. The Morgan fingerprint density at radius 2 is 2.30 bits per heavy atom. The molecule has 3 nitrogen and oxygen atoms in total. The van der Waals surface area contributed by atoms with E-state index in [1.807, 2.05) is 0 Å². The lowest BCUT2D eigenvalue weighted by molar-refractivity contribution is 0.468. The van der Waals surface area contributed by atoms with E-state index in [1.165, 1.54) is 4.31 Å². The molecule has 0 amide bonds. The van der Waals surface area contributed by atoms with Gasteiger partial charge in [0, 0.05) is 13.1 Å². The van der Waals surface area contributed by atoms with Crippen LogP contribution in [-0.4, -0.2) is 25.8 Å². The average molecular weight is 163 g/mol. The van der Waals surface area contributed by atoms with Gasteiger partial charge in [0.05, 0.1) is 0 Å². The maximum Gasteiger partial charge on any atom is 0.203 e. The van der Waals surface area contributed by atoms with Crippen LogP contribution in [0.3, 0.4) is 0 Å². The highest BCUT2D eigenvalue weighted by Crippen LogP contribution is 2.18. The Kier molecular flexibility index (Phi) is 2.68. The van der Waals surface area contributed by atoms with E-state index in [4.69, 9.17) is 0 Å². The summed E-state index contributed by atoms with van der Waals surface area (Å²) in [4.78, 5) is 0. The van der Waals surface area contributed by atoms with Crippen molar-refractivity contribution in [2.24, 2.45) is 5.92 Å². The molecule has 1 unspecified atom stereocenters. The predicted octanol–water partition coefficient (Wildman–Crippen LogP) is 0.245. The normalized spacial score (nSPS) is 28.0. The van der Waals surface area contributed by atoms with Crippen molar-refractivity contribution in [3.8, 4) is 0 Å². The molecular formula is C6H13NO2S. The van der Waals surface area contributed by atoms with Crippen LogP contribution >= 0.6 is 0 Å². The summed E-state index contributed by atoms with van der Waals surface area (Å²) in [6.07, 6.45) is 2.14. The fraction of sp³-hybridized carbons (Fsp3) is 1.00. The summed E-state index contributed by atoms with van der Waals surface area (Å²) in [6.45, 7) is 3.58. The zero-order chi connectivity index (χ0) is 7.56. The molecule has 4 heteroatoms. The van der Waals surface area contributed by atoms with E-state index in [0.717, 1.165) is 25.9 Å². The maximum absolute atomic E-state index is 10.4. The van der Waals surface area contributed by atoms with Gasteiger partial charge in [0.1, 0.15) is 0 Å². The summed E-state index contributed by atoms with van der Waals surface area (Å²) in [5.41, 5.74) is 0. The molecule has 1 heterocycles. The summed E-state index contributed by atoms with van der Waals surface area (Å²) >= 11 is 0. The Bertz CT molecular complexity index is 171. The highest BCUT2D eigenvalue weighted by Gasteiger charge is 2.21. The zero-order valence-corrected chi connectivity index (χ0v) is 7.01. The van der Waals surface area contributed by atoms with Gasteiger partial charge in [0.25, 0.3) is 0 Å². The molecule has 1 atom stereocenters. The van der Waals surface area contributed by atoms with Gasteiger partial charge in [0.2, 0.25) is 10.9 Å². The zero-order valence-electron chi connectivity index (χ0n) is 6.12. The fourth-order valence-electron chi connectivity index (χ4n) is 1.29. The summed E-state index contributed by atoms with van der Waals surface area (Å²) in [6, 6.07) is 0. The summed E-state index contributed by atoms with van der Waals surface area (Å²) in [5, 5.41) is 0. The number of thiol groups is 1. The number of hydrogen-bond acceptors (Lipinski definition) is 2. The molecule has 1 fully saturated rings. The van der Waals surface area contributed by atoms with E-state index in [0.29, 0.717) is 5.92 Å². The van der Waals surface area contributed by atoms with Crippen LogP contribution in [0.5, 0.6) is 0 Å². The van der Waals surface area contributed by atoms with Gasteiger partial charge in [0.15, 0.2) is 0 Å². The van der Waals surface area contributed by atoms with Crippen LogP contribution < -0.4 is 0 Å². The Labute approximate surface area is 63.1 Å². The molecule has 1 aliphatic heterocycles. The van der Waals surface area contributed by atoms with Crippen LogP contribution in [0.1, 0.15) is 19.8 Å². The van der Waals surface area contributed by atoms with E-state index >= 15 is 0 Å². The van der Waals surface area contributed by atoms with Crippen LogP contribution in [0.4, 0.5) is 0 Å². The molecule has 0 aromatic rings. The van der Waals surface area contributed by atoms with E-state index in [1.54, 1.807) is 0 Å². The quantitative estimate of drug-likeness (QED) is 0.592. The van der Waals surface area contributed by atoms with Gasteiger partial charge in [-0.1, -0.05) is 13.3 Å². The first-order valence-corrected chi connectivity index (χ1v) is 4.76. The minimum atomic E-state index is -2.30. The lowest BCUT2D eigenvalue weighted by atomic mass is 10.1. The van der Waals surface area contributed by atoms with Gasteiger partial charge < -0.3 is 0 Å². The monoisotopic (exact) mass is 163 g/mol.